The zero-order valence-electron chi connectivity index (χ0n) is 15.3. The summed E-state index contributed by atoms with van der Waals surface area (Å²) in [5.74, 6) is -0.410. The Bertz CT molecular complexity index is 530. The number of hydrogen-bond donors (Lipinski definition) is 0. The summed E-state index contributed by atoms with van der Waals surface area (Å²) in [6, 6.07) is 0. The Balaban J connectivity index is 1.88. The van der Waals surface area contributed by atoms with E-state index in [9.17, 15) is 9.59 Å². The number of amides is 1. The molecule has 0 aromatic heterocycles. The highest BCUT2D eigenvalue weighted by molar-refractivity contribution is 5.92. The van der Waals surface area contributed by atoms with E-state index in [0.717, 1.165) is 19.1 Å². The van der Waals surface area contributed by atoms with Gasteiger partial charge < -0.3 is 19.0 Å². The number of unbranched alkanes of at least 4 members (excludes halogenated alkanes) is 1. The molecule has 6 heteroatoms. The van der Waals surface area contributed by atoms with Crippen LogP contribution in [-0.2, 0) is 23.8 Å². The Morgan fingerprint density at radius 1 is 1.42 bits per heavy atom. The third kappa shape index (κ3) is 2.26. The van der Waals surface area contributed by atoms with E-state index in [1.807, 2.05) is 27.7 Å². The van der Waals surface area contributed by atoms with Gasteiger partial charge in [-0.1, -0.05) is 34.1 Å². The van der Waals surface area contributed by atoms with E-state index in [2.05, 4.69) is 6.92 Å². The molecule has 3 aliphatic rings. The molecule has 3 fully saturated rings. The molecule has 136 valence electrons. The number of aldehydes is 1. The third-order valence-electron chi connectivity index (χ3n) is 5.73. The average Bonchev–Trinajstić information content (AvgIpc) is 3.10. The molecule has 5 atom stereocenters. The van der Waals surface area contributed by atoms with Crippen molar-refractivity contribution >= 4 is 12.2 Å². The zero-order valence-corrected chi connectivity index (χ0v) is 15.3. The van der Waals surface area contributed by atoms with Crippen LogP contribution in [0.4, 0.5) is 0 Å². The van der Waals surface area contributed by atoms with Crippen LogP contribution in [0.15, 0.2) is 0 Å². The molecule has 0 saturated carbocycles. The van der Waals surface area contributed by atoms with Crippen LogP contribution in [0.1, 0.15) is 53.9 Å². The number of nitrogens with zero attached hydrogens (tertiary/aromatic N) is 1. The average molecular weight is 339 g/mol. The summed E-state index contributed by atoms with van der Waals surface area (Å²) in [5.41, 5.74) is -2.23. The van der Waals surface area contributed by atoms with Crippen LogP contribution in [0.3, 0.4) is 0 Å². The molecular formula is C18H29NO5. The van der Waals surface area contributed by atoms with Gasteiger partial charge in [0.2, 0.25) is 5.91 Å². The lowest BCUT2D eigenvalue weighted by Gasteiger charge is -2.40. The van der Waals surface area contributed by atoms with E-state index in [0.29, 0.717) is 13.0 Å². The summed E-state index contributed by atoms with van der Waals surface area (Å²) in [7, 11) is 0. The van der Waals surface area contributed by atoms with Crippen molar-refractivity contribution in [3.05, 3.63) is 0 Å². The molecule has 6 nitrogen and oxygen atoms in total. The molecule has 0 aliphatic carbocycles. The lowest BCUT2D eigenvalue weighted by Crippen LogP contribution is -2.60. The van der Waals surface area contributed by atoms with Crippen molar-refractivity contribution < 1.29 is 23.8 Å². The van der Waals surface area contributed by atoms with Crippen LogP contribution in [0, 0.1) is 11.3 Å². The minimum Gasteiger partial charge on any atom is -0.355 e. The van der Waals surface area contributed by atoms with Gasteiger partial charge in [0.15, 0.2) is 18.1 Å². The minimum absolute atomic E-state index is 0.0522. The summed E-state index contributed by atoms with van der Waals surface area (Å²) in [5, 5.41) is 0. The number of ether oxygens (including phenoxy) is 3. The van der Waals surface area contributed by atoms with E-state index in [1.165, 1.54) is 0 Å². The highest BCUT2D eigenvalue weighted by atomic mass is 16.7. The lowest BCUT2D eigenvalue weighted by atomic mass is 9.78. The molecule has 24 heavy (non-hydrogen) atoms. The maximum Gasteiger partial charge on any atom is 0.231 e. The van der Waals surface area contributed by atoms with Gasteiger partial charge >= 0.3 is 0 Å². The molecule has 0 bridgehead atoms. The van der Waals surface area contributed by atoms with Gasteiger partial charge in [0.1, 0.15) is 11.8 Å². The minimum atomic E-state index is -1.06. The second kappa shape index (κ2) is 5.78. The smallest absolute Gasteiger partial charge is 0.231 e. The summed E-state index contributed by atoms with van der Waals surface area (Å²) >= 11 is 0. The molecule has 0 aromatic carbocycles. The Kier molecular flexibility index (Phi) is 4.30. The van der Waals surface area contributed by atoms with Crippen molar-refractivity contribution in [3.8, 4) is 0 Å². The maximum atomic E-state index is 13.1. The topological polar surface area (TPSA) is 65.1 Å². The largest absolute Gasteiger partial charge is 0.355 e. The Morgan fingerprint density at radius 2 is 2.12 bits per heavy atom. The highest BCUT2D eigenvalue weighted by Gasteiger charge is 2.75. The molecule has 3 rings (SSSR count). The van der Waals surface area contributed by atoms with Crippen LogP contribution < -0.4 is 0 Å². The van der Waals surface area contributed by atoms with Gasteiger partial charge in [-0.3, -0.25) is 9.69 Å². The van der Waals surface area contributed by atoms with Crippen LogP contribution in [-0.4, -0.2) is 54.0 Å². The molecule has 0 aromatic rings. The Hall–Kier alpha value is -0.980. The predicted octanol–water partition coefficient (Wildman–Crippen LogP) is 2.11. The molecule has 3 aliphatic heterocycles. The van der Waals surface area contributed by atoms with Gasteiger partial charge in [0, 0.05) is 18.4 Å². The molecule has 0 radical (unpaired) electrons. The zero-order chi connectivity index (χ0) is 17.8. The van der Waals surface area contributed by atoms with E-state index in [4.69, 9.17) is 14.2 Å². The van der Waals surface area contributed by atoms with Crippen LogP contribution in [0.5, 0.6) is 0 Å². The van der Waals surface area contributed by atoms with Crippen molar-refractivity contribution in [2.75, 3.05) is 13.2 Å². The van der Waals surface area contributed by atoms with Crippen molar-refractivity contribution in [3.63, 3.8) is 0 Å². The molecule has 3 heterocycles. The summed E-state index contributed by atoms with van der Waals surface area (Å²) in [4.78, 5) is 26.9. The van der Waals surface area contributed by atoms with E-state index < -0.39 is 23.7 Å². The number of rotatable bonds is 5. The monoisotopic (exact) mass is 339 g/mol. The molecule has 1 amide bonds. The van der Waals surface area contributed by atoms with E-state index in [1.54, 1.807) is 4.90 Å². The van der Waals surface area contributed by atoms with Crippen molar-refractivity contribution in [1.82, 2.24) is 4.90 Å². The van der Waals surface area contributed by atoms with Crippen molar-refractivity contribution in [2.24, 2.45) is 11.3 Å². The van der Waals surface area contributed by atoms with Crippen LogP contribution >= 0.6 is 0 Å². The van der Waals surface area contributed by atoms with Crippen LogP contribution in [0.2, 0.25) is 0 Å². The lowest BCUT2D eigenvalue weighted by molar-refractivity contribution is -0.191. The van der Waals surface area contributed by atoms with Gasteiger partial charge in [-0.05, 0) is 13.3 Å². The normalized spacial score (nSPS) is 41.6. The molecule has 0 N–H and O–H groups in total. The van der Waals surface area contributed by atoms with Gasteiger partial charge in [0.25, 0.3) is 0 Å². The first-order valence-corrected chi connectivity index (χ1v) is 8.92. The molecule has 1 unspecified atom stereocenters. The standard InChI is InChI=1S/C18H29NO5/c1-6-7-8-22-13-9-12-14(21)19-15(16(2,3)4)23-11-18(19,10-20)17(12,5)24-13/h10,12-13,15H,6-9,11H2,1-5H3/t12-,13?,15-,17-,18-/m0/s1. The number of fused-ring (bicyclic) bond motifs is 3. The SMILES string of the molecule is CCCCOC1C[C@H]2C(=O)N3[C@H](C(C)(C)C)OC[C@@]3(C=O)[C@@]2(C)O1. The maximum absolute atomic E-state index is 13.1. The fraction of sp³-hybridized carbons (Fsp3) is 0.889. The van der Waals surface area contributed by atoms with Gasteiger partial charge in [0.05, 0.1) is 12.5 Å². The first-order valence-electron chi connectivity index (χ1n) is 8.92. The fourth-order valence-corrected chi connectivity index (χ4v) is 4.29. The number of hydrogen-bond acceptors (Lipinski definition) is 5. The Morgan fingerprint density at radius 3 is 2.71 bits per heavy atom. The Labute approximate surface area is 143 Å². The molecular weight excluding hydrogens is 310 g/mol. The second-order valence-corrected chi connectivity index (χ2v) is 8.45. The van der Waals surface area contributed by atoms with E-state index >= 15 is 0 Å². The third-order valence-corrected chi connectivity index (χ3v) is 5.73. The van der Waals surface area contributed by atoms with Crippen LogP contribution in [0.25, 0.3) is 0 Å². The first kappa shape index (κ1) is 17.8. The van der Waals surface area contributed by atoms with Crippen molar-refractivity contribution in [2.45, 2.75) is 77.5 Å². The van der Waals surface area contributed by atoms with Gasteiger partial charge in [-0.25, -0.2) is 0 Å². The number of carbonyl (C=O) groups excluding carboxylic acids is 2. The fourth-order valence-electron chi connectivity index (χ4n) is 4.29. The van der Waals surface area contributed by atoms with E-state index in [-0.39, 0.29) is 23.8 Å². The highest BCUT2D eigenvalue weighted by Crippen LogP contribution is 2.56. The summed E-state index contributed by atoms with van der Waals surface area (Å²) < 4.78 is 17.8. The predicted molar refractivity (Wildman–Crippen MR) is 87.1 cm³/mol. The quantitative estimate of drug-likeness (QED) is 0.567. The van der Waals surface area contributed by atoms with Gasteiger partial charge in [-0.2, -0.15) is 0 Å². The summed E-state index contributed by atoms with van der Waals surface area (Å²) in [6.45, 7) is 10.8. The molecule has 3 saturated heterocycles. The summed E-state index contributed by atoms with van der Waals surface area (Å²) in [6.07, 6.45) is 2.51. The molecule has 0 spiro atoms. The first-order chi connectivity index (χ1) is 11.2. The van der Waals surface area contributed by atoms with Gasteiger partial charge in [-0.15, -0.1) is 0 Å². The van der Waals surface area contributed by atoms with Crippen molar-refractivity contribution in [1.29, 1.82) is 0 Å². The number of carbonyl (C=O) groups is 2. The second-order valence-electron chi connectivity index (χ2n) is 8.45.